The van der Waals surface area contributed by atoms with Gasteiger partial charge in [-0.2, -0.15) is 0 Å². The number of halogens is 2. The fourth-order valence-electron chi connectivity index (χ4n) is 4.63. The van der Waals surface area contributed by atoms with E-state index in [-0.39, 0.29) is 11.7 Å². The maximum atomic E-state index is 14.5. The lowest BCUT2D eigenvalue weighted by molar-refractivity contribution is 0.568. The number of hydrogen-bond acceptors (Lipinski definition) is 1. The highest BCUT2D eigenvalue weighted by molar-refractivity contribution is 6.44. The molecule has 1 aliphatic heterocycles. The third-order valence-electron chi connectivity index (χ3n) is 6.45. The van der Waals surface area contributed by atoms with Crippen molar-refractivity contribution in [1.29, 1.82) is 0 Å². The molecule has 0 aliphatic carbocycles. The fraction of sp³-hybridized carbons (Fsp3) is 0.333. The third-order valence-corrected chi connectivity index (χ3v) is 6.45. The summed E-state index contributed by atoms with van der Waals surface area (Å²) in [6.45, 7) is 10.2. The molecule has 0 N–H and O–H groups in total. The Labute approximate surface area is 176 Å². The first-order chi connectivity index (χ1) is 14.3. The van der Waals surface area contributed by atoms with E-state index in [1.54, 1.807) is 0 Å². The van der Waals surface area contributed by atoms with Gasteiger partial charge in [0.05, 0.1) is 5.69 Å². The van der Waals surface area contributed by atoms with Crippen LogP contribution in [0, 0.1) is 25.7 Å². The number of aryl methyl sites for hydroxylation is 1. The molecular formula is C24H26BF2N3. The minimum atomic E-state index is -2.71. The molecule has 30 heavy (non-hydrogen) atoms. The van der Waals surface area contributed by atoms with Crippen LogP contribution in [0.2, 0.25) is 0 Å². The summed E-state index contributed by atoms with van der Waals surface area (Å²) in [5.74, 6) is 1.34. The Morgan fingerprint density at radius 2 is 1.73 bits per heavy atom. The minimum absolute atomic E-state index is 0.110. The maximum absolute atomic E-state index is 14.5. The van der Waals surface area contributed by atoms with Gasteiger partial charge < -0.3 is 4.48 Å². The number of benzene rings is 2. The molecule has 0 radical (unpaired) electrons. The van der Waals surface area contributed by atoms with Crippen LogP contribution in [-0.2, 0) is 0 Å². The summed E-state index contributed by atoms with van der Waals surface area (Å²) in [4.78, 5) is 9.39. The smallest absolute Gasteiger partial charge is 0.309 e. The van der Waals surface area contributed by atoms with Crippen LogP contribution in [-0.4, -0.2) is 23.4 Å². The van der Waals surface area contributed by atoms with Crippen molar-refractivity contribution in [2.75, 3.05) is 0 Å². The lowest BCUT2D eigenvalue weighted by Gasteiger charge is -2.14. The molecule has 4 rings (SSSR count). The van der Waals surface area contributed by atoms with Crippen LogP contribution in [0.4, 0.5) is 14.4 Å². The van der Waals surface area contributed by atoms with Gasteiger partial charge in [0.25, 0.3) is 0 Å². The molecule has 154 valence electrons. The van der Waals surface area contributed by atoms with Crippen LogP contribution in [0.25, 0.3) is 22.0 Å². The van der Waals surface area contributed by atoms with Crippen LogP contribution in [0.15, 0.2) is 52.4 Å². The molecule has 2 heterocycles. The van der Waals surface area contributed by atoms with E-state index in [1.807, 2.05) is 63.2 Å². The zero-order valence-electron chi connectivity index (χ0n) is 18.1. The van der Waals surface area contributed by atoms with Crippen LogP contribution in [0.3, 0.4) is 0 Å². The third kappa shape index (κ3) is 3.19. The quantitative estimate of drug-likeness (QED) is 0.424. The van der Waals surface area contributed by atoms with E-state index < -0.39 is 7.40 Å². The van der Waals surface area contributed by atoms with Gasteiger partial charge in [-0.3, -0.25) is 8.63 Å². The second-order valence-electron chi connectivity index (χ2n) is 8.14. The molecule has 0 spiro atoms. The monoisotopic (exact) mass is 405 g/mol. The molecule has 0 fully saturated rings. The second-order valence-corrected chi connectivity index (χ2v) is 8.14. The Bertz CT molecular complexity index is 1180. The number of aliphatic imine (C=N–C) groups is 2. The van der Waals surface area contributed by atoms with Crippen molar-refractivity contribution in [1.82, 2.24) is 4.48 Å². The summed E-state index contributed by atoms with van der Waals surface area (Å²) in [6.07, 6.45) is 0.958. The van der Waals surface area contributed by atoms with Gasteiger partial charge in [0.1, 0.15) is 11.7 Å². The van der Waals surface area contributed by atoms with E-state index in [0.717, 1.165) is 44.1 Å². The van der Waals surface area contributed by atoms with Crippen LogP contribution < -0.4 is 0 Å². The Hall–Kier alpha value is -2.76. The van der Waals surface area contributed by atoms with E-state index in [2.05, 4.69) is 18.8 Å². The van der Waals surface area contributed by atoms with Gasteiger partial charge in [-0.05, 0) is 38.3 Å². The summed E-state index contributed by atoms with van der Waals surface area (Å²) in [5, 5.41) is 1.51. The van der Waals surface area contributed by atoms with Crippen LogP contribution >= 0.6 is 0 Å². The molecule has 0 saturated carbocycles. The maximum Gasteiger partial charge on any atom is 0.679 e. The number of amidine groups is 1. The average molecular weight is 405 g/mol. The molecular weight excluding hydrogens is 379 g/mol. The summed E-state index contributed by atoms with van der Waals surface area (Å²) in [6, 6.07) is 13.4. The van der Waals surface area contributed by atoms with E-state index in [4.69, 9.17) is 4.99 Å². The van der Waals surface area contributed by atoms with Crippen molar-refractivity contribution in [3.05, 3.63) is 53.6 Å². The van der Waals surface area contributed by atoms with Gasteiger partial charge in [0, 0.05) is 33.9 Å². The van der Waals surface area contributed by atoms with Crippen molar-refractivity contribution < 1.29 is 8.63 Å². The number of fused-ring (bicyclic) bond motifs is 1. The topological polar surface area (TPSA) is 29.6 Å². The van der Waals surface area contributed by atoms with Gasteiger partial charge in [-0.25, -0.2) is 9.98 Å². The molecule has 0 amide bonds. The first kappa shape index (κ1) is 20.5. The van der Waals surface area contributed by atoms with Crippen LogP contribution in [0.1, 0.15) is 38.3 Å². The number of hydrogen-bond donors (Lipinski definition) is 0. The molecule has 0 saturated heterocycles. The SMILES string of the molecule is CCC1C(C)=N/C(=N\c2c3ccccc3c(-c3cccc(C)c3C)n2B(F)F)C1C. The van der Waals surface area contributed by atoms with E-state index in [9.17, 15) is 8.63 Å². The van der Waals surface area contributed by atoms with Crippen molar-refractivity contribution in [2.45, 2.75) is 41.0 Å². The van der Waals surface area contributed by atoms with Crippen molar-refractivity contribution >= 4 is 35.5 Å². The van der Waals surface area contributed by atoms with E-state index >= 15 is 0 Å². The first-order valence-corrected chi connectivity index (χ1v) is 10.5. The van der Waals surface area contributed by atoms with Crippen molar-refractivity contribution in [3.63, 3.8) is 0 Å². The largest absolute Gasteiger partial charge is 0.679 e. The van der Waals surface area contributed by atoms with Gasteiger partial charge >= 0.3 is 7.40 Å². The highest BCUT2D eigenvalue weighted by Gasteiger charge is 2.33. The second kappa shape index (κ2) is 7.82. The molecule has 3 aromatic rings. The summed E-state index contributed by atoms with van der Waals surface area (Å²) < 4.78 is 30.1. The summed E-state index contributed by atoms with van der Waals surface area (Å²) >= 11 is 0. The van der Waals surface area contributed by atoms with Crippen molar-refractivity contribution in [2.24, 2.45) is 21.8 Å². The number of rotatable bonds is 4. The summed E-state index contributed by atoms with van der Waals surface area (Å²) in [5.41, 5.74) is 4.42. The Balaban J connectivity index is 2.04. The van der Waals surface area contributed by atoms with Gasteiger partial charge in [-0.1, -0.05) is 56.3 Å². The zero-order valence-corrected chi connectivity index (χ0v) is 18.1. The predicted molar refractivity (Wildman–Crippen MR) is 123 cm³/mol. The van der Waals surface area contributed by atoms with E-state index in [0.29, 0.717) is 17.4 Å². The molecule has 1 aromatic heterocycles. The highest BCUT2D eigenvalue weighted by atomic mass is 19.2. The number of nitrogens with zero attached hydrogens (tertiary/aromatic N) is 3. The normalized spacial score (nSPS) is 20.2. The standard InChI is InChI=1S/C24H26BF2N3/c1-6-18-16(4)23(28-17(18)5)29-24-21-12-8-7-11-20(21)22(30(24)25(26)27)19-13-9-10-14(2)15(19)3/h7-13,16,18H,6H2,1-5H3/b29-23-. The lowest BCUT2D eigenvalue weighted by Crippen LogP contribution is -2.17. The Morgan fingerprint density at radius 1 is 1.03 bits per heavy atom. The molecule has 2 atom stereocenters. The molecule has 0 bridgehead atoms. The van der Waals surface area contributed by atoms with Crippen LogP contribution in [0.5, 0.6) is 0 Å². The van der Waals surface area contributed by atoms with Gasteiger partial charge in [-0.15, -0.1) is 0 Å². The molecule has 3 nitrogen and oxygen atoms in total. The fourth-order valence-corrected chi connectivity index (χ4v) is 4.63. The Morgan fingerprint density at radius 3 is 2.37 bits per heavy atom. The average Bonchev–Trinajstić information content (AvgIpc) is 3.18. The molecule has 6 heteroatoms. The predicted octanol–water partition coefficient (Wildman–Crippen LogP) is 6.86. The first-order valence-electron chi connectivity index (χ1n) is 10.5. The zero-order chi connectivity index (χ0) is 21.6. The molecule has 2 aromatic carbocycles. The van der Waals surface area contributed by atoms with Crippen molar-refractivity contribution in [3.8, 4) is 11.3 Å². The lowest BCUT2D eigenvalue weighted by atomic mass is 9.90. The Kier molecular flexibility index (Phi) is 5.35. The van der Waals surface area contributed by atoms with Gasteiger partial charge in [0.2, 0.25) is 0 Å². The van der Waals surface area contributed by atoms with Gasteiger partial charge in [0.15, 0.2) is 0 Å². The molecule has 1 aliphatic rings. The summed E-state index contributed by atoms with van der Waals surface area (Å²) in [7, 11) is -2.71. The van der Waals surface area contributed by atoms with E-state index in [1.165, 1.54) is 0 Å². The highest BCUT2D eigenvalue weighted by Crippen LogP contribution is 2.42. The minimum Gasteiger partial charge on any atom is -0.309 e. The number of aromatic nitrogens is 1. The molecule has 2 unspecified atom stereocenters.